The zero-order chi connectivity index (χ0) is 16.3. The number of aryl methyl sites for hydroxylation is 1. The van der Waals surface area contributed by atoms with Crippen LogP contribution in [0.1, 0.15) is 23.7 Å². The first-order chi connectivity index (χ1) is 10.3. The molecule has 0 saturated heterocycles. The molecule has 0 amide bonds. The van der Waals surface area contributed by atoms with Gasteiger partial charge in [-0.3, -0.25) is 0 Å². The summed E-state index contributed by atoms with van der Waals surface area (Å²) < 4.78 is 38.3. The SMILES string of the molecule is CCc1nc(Nc2cc(N)cc(C(F)(F)F)c2)ncc1CN. The van der Waals surface area contributed by atoms with Crippen molar-refractivity contribution in [1.82, 2.24) is 9.97 Å². The van der Waals surface area contributed by atoms with Gasteiger partial charge in [0.25, 0.3) is 0 Å². The maximum Gasteiger partial charge on any atom is 0.416 e. The summed E-state index contributed by atoms with van der Waals surface area (Å²) >= 11 is 0. The van der Waals surface area contributed by atoms with Gasteiger partial charge >= 0.3 is 6.18 Å². The summed E-state index contributed by atoms with van der Waals surface area (Å²) in [5.41, 5.74) is 12.0. The average Bonchev–Trinajstić information content (AvgIpc) is 2.45. The van der Waals surface area contributed by atoms with Gasteiger partial charge in [-0.1, -0.05) is 6.92 Å². The van der Waals surface area contributed by atoms with E-state index in [9.17, 15) is 13.2 Å². The van der Waals surface area contributed by atoms with Gasteiger partial charge in [-0.2, -0.15) is 13.2 Å². The Labute approximate surface area is 125 Å². The maximum atomic E-state index is 12.8. The predicted molar refractivity (Wildman–Crippen MR) is 78.4 cm³/mol. The summed E-state index contributed by atoms with van der Waals surface area (Å²) in [6, 6.07) is 3.23. The van der Waals surface area contributed by atoms with Crippen LogP contribution in [0.2, 0.25) is 0 Å². The van der Waals surface area contributed by atoms with Crippen molar-refractivity contribution < 1.29 is 13.2 Å². The van der Waals surface area contributed by atoms with E-state index in [1.165, 1.54) is 6.07 Å². The molecular formula is C14H16F3N5. The third-order valence-electron chi connectivity index (χ3n) is 3.05. The van der Waals surface area contributed by atoms with Crippen molar-refractivity contribution in [3.8, 4) is 0 Å². The highest BCUT2D eigenvalue weighted by molar-refractivity contribution is 5.62. The van der Waals surface area contributed by atoms with Crippen LogP contribution in [0, 0.1) is 0 Å². The van der Waals surface area contributed by atoms with E-state index in [1.807, 2.05) is 6.92 Å². The number of nitrogen functional groups attached to an aromatic ring is 1. The molecular weight excluding hydrogens is 295 g/mol. The number of aromatic nitrogens is 2. The molecule has 2 aromatic rings. The number of hydrogen-bond acceptors (Lipinski definition) is 5. The summed E-state index contributed by atoms with van der Waals surface area (Å²) in [5.74, 6) is 0.202. The van der Waals surface area contributed by atoms with Crippen LogP contribution in [0.15, 0.2) is 24.4 Å². The molecule has 0 atom stereocenters. The van der Waals surface area contributed by atoms with E-state index in [1.54, 1.807) is 6.20 Å². The van der Waals surface area contributed by atoms with Gasteiger partial charge < -0.3 is 16.8 Å². The fourth-order valence-corrected chi connectivity index (χ4v) is 2.00. The minimum absolute atomic E-state index is 0.00613. The highest BCUT2D eigenvalue weighted by Gasteiger charge is 2.31. The number of benzene rings is 1. The summed E-state index contributed by atoms with van der Waals surface area (Å²) in [6.45, 7) is 2.22. The first kappa shape index (κ1) is 16.0. The molecule has 22 heavy (non-hydrogen) atoms. The van der Waals surface area contributed by atoms with E-state index in [2.05, 4.69) is 15.3 Å². The van der Waals surface area contributed by atoms with Crippen LogP contribution < -0.4 is 16.8 Å². The molecule has 0 aliphatic heterocycles. The van der Waals surface area contributed by atoms with Crippen molar-refractivity contribution in [1.29, 1.82) is 0 Å². The van der Waals surface area contributed by atoms with Crippen molar-refractivity contribution in [3.05, 3.63) is 41.2 Å². The molecule has 0 saturated carbocycles. The van der Waals surface area contributed by atoms with E-state index >= 15 is 0 Å². The summed E-state index contributed by atoms with van der Waals surface area (Å²) in [6.07, 6.45) is -2.26. The van der Waals surface area contributed by atoms with Crippen molar-refractivity contribution in [2.75, 3.05) is 11.1 Å². The number of nitrogens with zero attached hydrogens (tertiary/aromatic N) is 2. The Kier molecular flexibility index (Phi) is 4.51. The molecule has 0 fully saturated rings. The van der Waals surface area contributed by atoms with Crippen LogP contribution in [-0.4, -0.2) is 9.97 Å². The van der Waals surface area contributed by atoms with Crippen LogP contribution in [0.25, 0.3) is 0 Å². The molecule has 118 valence electrons. The Balaban J connectivity index is 2.33. The fourth-order valence-electron chi connectivity index (χ4n) is 2.00. The minimum Gasteiger partial charge on any atom is -0.399 e. The summed E-state index contributed by atoms with van der Waals surface area (Å²) in [5, 5.41) is 2.74. The number of anilines is 3. The Hall–Kier alpha value is -2.35. The van der Waals surface area contributed by atoms with E-state index < -0.39 is 11.7 Å². The largest absolute Gasteiger partial charge is 0.416 e. The second-order valence-electron chi connectivity index (χ2n) is 4.69. The number of rotatable bonds is 4. The third-order valence-corrected chi connectivity index (χ3v) is 3.05. The lowest BCUT2D eigenvalue weighted by Crippen LogP contribution is -2.09. The highest BCUT2D eigenvalue weighted by Crippen LogP contribution is 2.33. The Morgan fingerprint density at radius 3 is 2.55 bits per heavy atom. The van der Waals surface area contributed by atoms with E-state index in [0.717, 1.165) is 23.4 Å². The molecule has 8 heteroatoms. The van der Waals surface area contributed by atoms with Crippen molar-refractivity contribution in [3.63, 3.8) is 0 Å². The van der Waals surface area contributed by atoms with Crippen LogP contribution >= 0.6 is 0 Å². The smallest absolute Gasteiger partial charge is 0.399 e. The molecule has 1 heterocycles. The number of nitrogens with two attached hydrogens (primary N) is 2. The predicted octanol–water partition coefficient (Wildman–Crippen LogP) is 2.84. The molecule has 2 rings (SSSR count). The van der Waals surface area contributed by atoms with Gasteiger partial charge in [0.1, 0.15) is 0 Å². The third kappa shape index (κ3) is 3.64. The Morgan fingerprint density at radius 2 is 1.95 bits per heavy atom. The van der Waals surface area contributed by atoms with Gasteiger partial charge in [-0.15, -0.1) is 0 Å². The molecule has 0 spiro atoms. The topological polar surface area (TPSA) is 89.8 Å². The lowest BCUT2D eigenvalue weighted by molar-refractivity contribution is -0.137. The molecule has 0 aliphatic rings. The second kappa shape index (κ2) is 6.18. The lowest BCUT2D eigenvalue weighted by Gasteiger charge is -2.12. The molecule has 5 nitrogen and oxygen atoms in total. The van der Waals surface area contributed by atoms with E-state index in [-0.39, 0.29) is 17.3 Å². The maximum absolute atomic E-state index is 12.8. The number of alkyl halides is 3. The number of hydrogen-bond donors (Lipinski definition) is 3. The van der Waals surface area contributed by atoms with E-state index in [4.69, 9.17) is 11.5 Å². The Bertz CT molecular complexity index is 670. The molecule has 0 aliphatic carbocycles. The van der Waals surface area contributed by atoms with E-state index in [0.29, 0.717) is 13.0 Å². The van der Waals surface area contributed by atoms with Gasteiger partial charge in [0.05, 0.1) is 11.3 Å². The molecule has 1 aromatic heterocycles. The van der Waals surface area contributed by atoms with Gasteiger partial charge in [-0.05, 0) is 24.6 Å². The minimum atomic E-state index is -4.47. The average molecular weight is 311 g/mol. The zero-order valence-electron chi connectivity index (χ0n) is 11.9. The Morgan fingerprint density at radius 1 is 1.23 bits per heavy atom. The quantitative estimate of drug-likeness (QED) is 0.755. The summed E-state index contributed by atoms with van der Waals surface area (Å²) in [7, 11) is 0. The molecule has 0 bridgehead atoms. The fraction of sp³-hybridized carbons (Fsp3) is 0.286. The monoisotopic (exact) mass is 311 g/mol. The van der Waals surface area contributed by atoms with Crippen molar-refractivity contribution in [2.24, 2.45) is 5.73 Å². The van der Waals surface area contributed by atoms with Crippen LogP contribution in [0.4, 0.5) is 30.5 Å². The summed E-state index contributed by atoms with van der Waals surface area (Å²) in [4.78, 5) is 8.31. The van der Waals surface area contributed by atoms with Gasteiger partial charge in [0, 0.05) is 29.7 Å². The van der Waals surface area contributed by atoms with Crippen LogP contribution in [-0.2, 0) is 19.1 Å². The van der Waals surface area contributed by atoms with Crippen molar-refractivity contribution >= 4 is 17.3 Å². The molecule has 0 unspecified atom stereocenters. The van der Waals surface area contributed by atoms with Gasteiger partial charge in [0.2, 0.25) is 5.95 Å². The second-order valence-corrected chi connectivity index (χ2v) is 4.69. The van der Waals surface area contributed by atoms with Gasteiger partial charge in [-0.25, -0.2) is 9.97 Å². The lowest BCUT2D eigenvalue weighted by atomic mass is 10.1. The standard InChI is InChI=1S/C14H16F3N5/c1-2-12-8(6-18)7-20-13(22-12)21-11-4-9(14(15,16)17)3-10(19)5-11/h3-5,7H,2,6,18-19H2,1H3,(H,20,21,22). The van der Waals surface area contributed by atoms with Crippen LogP contribution in [0.3, 0.4) is 0 Å². The molecule has 5 N–H and O–H groups in total. The highest BCUT2D eigenvalue weighted by atomic mass is 19.4. The normalized spacial score (nSPS) is 11.5. The zero-order valence-corrected chi connectivity index (χ0v) is 11.9. The first-order valence-corrected chi connectivity index (χ1v) is 6.63. The van der Waals surface area contributed by atoms with Gasteiger partial charge in [0.15, 0.2) is 0 Å². The number of nitrogens with one attached hydrogen (secondary N) is 1. The van der Waals surface area contributed by atoms with Crippen LogP contribution in [0.5, 0.6) is 0 Å². The van der Waals surface area contributed by atoms with Crippen molar-refractivity contribution in [2.45, 2.75) is 26.1 Å². The molecule has 0 radical (unpaired) electrons. The number of halogens is 3. The molecule has 1 aromatic carbocycles. The first-order valence-electron chi connectivity index (χ1n) is 6.63.